The number of benzene rings is 2. The smallest absolute Gasteiger partial charge is 0.122 e. The second-order valence-corrected chi connectivity index (χ2v) is 5.90. The fraction of sp³-hybridized carbons (Fsp3) is 0.294. The van der Waals surface area contributed by atoms with Gasteiger partial charge in [0.2, 0.25) is 0 Å². The van der Waals surface area contributed by atoms with E-state index in [9.17, 15) is 5.11 Å². The zero-order chi connectivity index (χ0) is 14.7. The molecule has 0 bridgehead atoms. The normalized spacial score (nSPS) is 12.2. The van der Waals surface area contributed by atoms with Gasteiger partial charge in [0.15, 0.2) is 0 Å². The Morgan fingerprint density at radius 1 is 1.15 bits per heavy atom. The number of methoxy groups -OCH3 is 1. The number of aryl methyl sites for hydroxylation is 2. The molecule has 0 saturated heterocycles. The molecular weight excluding hydrogens is 316 g/mol. The minimum absolute atomic E-state index is 0.528. The molecular formula is C17H19BrO2. The highest BCUT2D eigenvalue weighted by molar-refractivity contribution is 9.10. The summed E-state index contributed by atoms with van der Waals surface area (Å²) in [5, 5.41) is 10.6. The monoisotopic (exact) mass is 334 g/mol. The summed E-state index contributed by atoms with van der Waals surface area (Å²) in [6, 6.07) is 11.9. The third-order valence-corrected chi connectivity index (χ3v) is 4.02. The zero-order valence-electron chi connectivity index (χ0n) is 12.0. The Bertz CT molecular complexity index is 588. The van der Waals surface area contributed by atoms with Gasteiger partial charge < -0.3 is 9.84 Å². The highest BCUT2D eigenvalue weighted by Crippen LogP contribution is 2.30. The topological polar surface area (TPSA) is 29.5 Å². The van der Waals surface area contributed by atoms with Crippen LogP contribution >= 0.6 is 15.9 Å². The van der Waals surface area contributed by atoms with Crippen LogP contribution in [0.1, 0.15) is 28.4 Å². The number of aliphatic hydroxyl groups excluding tert-OH is 1. The fourth-order valence-electron chi connectivity index (χ4n) is 2.57. The SMILES string of the molecule is COc1ccc(Br)cc1CC(O)c1c(C)cccc1C. The van der Waals surface area contributed by atoms with Gasteiger partial charge >= 0.3 is 0 Å². The summed E-state index contributed by atoms with van der Waals surface area (Å²) in [5.41, 5.74) is 4.24. The zero-order valence-corrected chi connectivity index (χ0v) is 13.6. The molecule has 2 aromatic carbocycles. The van der Waals surface area contributed by atoms with Crippen LogP contribution in [0.3, 0.4) is 0 Å². The third-order valence-electron chi connectivity index (χ3n) is 3.53. The number of ether oxygens (including phenoxy) is 1. The van der Waals surface area contributed by atoms with E-state index in [1.807, 2.05) is 50.2 Å². The highest BCUT2D eigenvalue weighted by Gasteiger charge is 2.16. The Hall–Kier alpha value is -1.32. The summed E-state index contributed by atoms with van der Waals surface area (Å²) in [7, 11) is 1.65. The van der Waals surface area contributed by atoms with Crippen LogP contribution < -0.4 is 4.74 Å². The van der Waals surface area contributed by atoms with Gasteiger partial charge in [-0.15, -0.1) is 0 Å². The second kappa shape index (κ2) is 6.42. The Balaban J connectivity index is 2.32. The lowest BCUT2D eigenvalue weighted by atomic mass is 9.93. The molecule has 2 nitrogen and oxygen atoms in total. The van der Waals surface area contributed by atoms with E-state index < -0.39 is 6.10 Å². The van der Waals surface area contributed by atoms with E-state index in [1.54, 1.807) is 7.11 Å². The molecule has 2 rings (SSSR count). The average Bonchev–Trinajstić information content (AvgIpc) is 2.38. The Morgan fingerprint density at radius 2 is 1.80 bits per heavy atom. The van der Waals surface area contributed by atoms with Crippen LogP contribution in [0.15, 0.2) is 40.9 Å². The van der Waals surface area contributed by atoms with Crippen LogP contribution in [0.2, 0.25) is 0 Å². The summed E-state index contributed by atoms with van der Waals surface area (Å²) in [6.07, 6.45) is 0.00769. The Labute approximate surface area is 128 Å². The van der Waals surface area contributed by atoms with Crippen LogP contribution in [0.5, 0.6) is 5.75 Å². The van der Waals surface area contributed by atoms with Gasteiger partial charge in [0, 0.05) is 10.9 Å². The molecule has 0 heterocycles. The summed E-state index contributed by atoms with van der Waals surface area (Å²) in [5.74, 6) is 0.804. The van der Waals surface area contributed by atoms with Gasteiger partial charge in [0.1, 0.15) is 5.75 Å². The minimum Gasteiger partial charge on any atom is -0.496 e. The molecule has 0 fully saturated rings. The number of hydrogen-bond acceptors (Lipinski definition) is 2. The summed E-state index contributed by atoms with van der Waals surface area (Å²) in [6.45, 7) is 4.06. The average molecular weight is 335 g/mol. The Kier molecular flexibility index (Phi) is 4.84. The molecule has 3 heteroatoms. The molecule has 0 aliphatic rings. The first-order chi connectivity index (χ1) is 9.52. The van der Waals surface area contributed by atoms with Crippen molar-refractivity contribution in [2.24, 2.45) is 0 Å². The molecule has 20 heavy (non-hydrogen) atoms. The van der Waals surface area contributed by atoms with Gasteiger partial charge in [-0.2, -0.15) is 0 Å². The number of hydrogen-bond donors (Lipinski definition) is 1. The van der Waals surface area contributed by atoms with Crippen molar-refractivity contribution in [1.29, 1.82) is 0 Å². The minimum atomic E-state index is -0.528. The van der Waals surface area contributed by atoms with Gasteiger partial charge in [0.05, 0.1) is 13.2 Å². The van der Waals surface area contributed by atoms with Crippen molar-refractivity contribution < 1.29 is 9.84 Å². The van der Waals surface area contributed by atoms with Crippen molar-refractivity contribution in [3.8, 4) is 5.75 Å². The number of halogens is 1. The van der Waals surface area contributed by atoms with E-state index in [2.05, 4.69) is 15.9 Å². The number of aliphatic hydroxyl groups is 1. The van der Waals surface area contributed by atoms with E-state index >= 15 is 0 Å². The molecule has 0 amide bonds. The van der Waals surface area contributed by atoms with Crippen molar-refractivity contribution in [1.82, 2.24) is 0 Å². The van der Waals surface area contributed by atoms with E-state index in [-0.39, 0.29) is 0 Å². The van der Waals surface area contributed by atoms with Gasteiger partial charge in [-0.25, -0.2) is 0 Å². The summed E-state index contributed by atoms with van der Waals surface area (Å²) < 4.78 is 6.35. The molecule has 0 aliphatic carbocycles. The highest BCUT2D eigenvalue weighted by atomic mass is 79.9. The standard InChI is InChI=1S/C17H19BrO2/c1-11-5-4-6-12(2)17(11)15(19)10-13-9-14(18)7-8-16(13)20-3/h4-9,15,19H,10H2,1-3H3. The first-order valence-corrected chi connectivity index (χ1v) is 7.39. The lowest BCUT2D eigenvalue weighted by Crippen LogP contribution is -2.07. The summed E-state index contributed by atoms with van der Waals surface area (Å²) in [4.78, 5) is 0. The van der Waals surface area contributed by atoms with Crippen LogP contribution in [0.25, 0.3) is 0 Å². The van der Waals surface area contributed by atoms with E-state index in [0.29, 0.717) is 6.42 Å². The maximum atomic E-state index is 10.6. The van der Waals surface area contributed by atoms with Gasteiger partial charge in [-0.1, -0.05) is 34.1 Å². The Morgan fingerprint density at radius 3 is 2.40 bits per heavy atom. The van der Waals surface area contributed by atoms with Crippen LogP contribution in [-0.4, -0.2) is 12.2 Å². The summed E-state index contributed by atoms with van der Waals surface area (Å²) >= 11 is 3.46. The van der Waals surface area contributed by atoms with E-state index in [4.69, 9.17) is 4.74 Å². The maximum Gasteiger partial charge on any atom is 0.122 e. The maximum absolute atomic E-state index is 10.6. The predicted molar refractivity (Wildman–Crippen MR) is 85.3 cm³/mol. The molecule has 0 spiro atoms. The lowest BCUT2D eigenvalue weighted by Gasteiger charge is -2.18. The lowest BCUT2D eigenvalue weighted by molar-refractivity contribution is 0.176. The molecule has 2 aromatic rings. The van der Waals surface area contributed by atoms with Gasteiger partial charge in [-0.3, -0.25) is 0 Å². The van der Waals surface area contributed by atoms with Crippen LogP contribution in [-0.2, 0) is 6.42 Å². The quantitative estimate of drug-likeness (QED) is 0.900. The second-order valence-electron chi connectivity index (χ2n) is 4.98. The van der Waals surface area contributed by atoms with Crippen molar-refractivity contribution in [3.05, 3.63) is 63.1 Å². The third kappa shape index (κ3) is 3.22. The molecule has 106 valence electrons. The number of rotatable bonds is 4. The molecule has 0 aliphatic heterocycles. The van der Waals surface area contributed by atoms with Gasteiger partial charge in [0.25, 0.3) is 0 Å². The predicted octanol–water partition coefficient (Wildman–Crippen LogP) is 4.35. The van der Waals surface area contributed by atoms with Gasteiger partial charge in [-0.05, 0) is 54.3 Å². The molecule has 0 saturated carbocycles. The van der Waals surface area contributed by atoms with Crippen molar-refractivity contribution >= 4 is 15.9 Å². The van der Waals surface area contributed by atoms with Crippen molar-refractivity contribution in [2.45, 2.75) is 26.4 Å². The van der Waals surface area contributed by atoms with Crippen molar-refractivity contribution in [2.75, 3.05) is 7.11 Å². The molecule has 0 radical (unpaired) electrons. The first-order valence-electron chi connectivity index (χ1n) is 6.59. The first kappa shape index (κ1) is 15.1. The van der Waals surface area contributed by atoms with Crippen LogP contribution in [0, 0.1) is 13.8 Å². The molecule has 1 N–H and O–H groups in total. The van der Waals surface area contributed by atoms with Crippen molar-refractivity contribution in [3.63, 3.8) is 0 Å². The molecule has 0 aromatic heterocycles. The fourth-order valence-corrected chi connectivity index (χ4v) is 2.98. The van der Waals surface area contributed by atoms with Crippen LogP contribution in [0.4, 0.5) is 0 Å². The molecule has 1 atom stereocenters. The van der Waals surface area contributed by atoms with E-state index in [1.165, 1.54) is 0 Å². The largest absolute Gasteiger partial charge is 0.496 e. The molecule has 1 unspecified atom stereocenters. The van der Waals surface area contributed by atoms with E-state index in [0.717, 1.165) is 32.5 Å².